The van der Waals surface area contributed by atoms with Crippen LogP contribution in [0, 0.1) is 0 Å². The van der Waals surface area contributed by atoms with Crippen molar-refractivity contribution in [2.75, 3.05) is 12.5 Å². The topological polar surface area (TPSA) is 140 Å². The van der Waals surface area contributed by atoms with Crippen molar-refractivity contribution in [3.05, 3.63) is 23.5 Å². The minimum atomic E-state index is -4.41. The molecule has 0 bridgehead atoms. The molecule has 0 fully saturated rings. The van der Waals surface area contributed by atoms with Gasteiger partial charge in [-0.2, -0.15) is 23.4 Å². The number of ether oxygens (including phenoxy) is 1. The van der Waals surface area contributed by atoms with Crippen LogP contribution in [0.1, 0.15) is 0 Å². The van der Waals surface area contributed by atoms with Crippen LogP contribution < -0.4 is 16.0 Å². The Bertz CT molecular complexity index is 783. The third-order valence-electron chi connectivity index (χ3n) is 2.44. The fraction of sp³-hybridized carbons (Fsp3) is 0.100. The number of benzene rings is 1. The summed E-state index contributed by atoms with van der Waals surface area (Å²) < 4.78 is 36.3. The zero-order chi connectivity index (χ0) is 15.6. The maximum Gasteiger partial charge on any atom is 0.321 e. The van der Waals surface area contributed by atoms with Crippen molar-refractivity contribution in [1.82, 2.24) is 15.0 Å². The lowest BCUT2D eigenvalue weighted by atomic mass is 10.2. The Morgan fingerprint density at radius 3 is 2.62 bits per heavy atom. The maximum absolute atomic E-state index is 11.2. The van der Waals surface area contributed by atoms with E-state index in [1.807, 2.05) is 0 Å². The Balaban J connectivity index is 2.58. The van der Waals surface area contributed by atoms with Gasteiger partial charge in [-0.3, -0.25) is 10.4 Å². The fourth-order valence-corrected chi connectivity index (χ4v) is 2.35. The molecule has 0 atom stereocenters. The third kappa shape index (κ3) is 3.36. The zero-order valence-corrected chi connectivity index (χ0v) is 12.2. The molecule has 4 N–H and O–H groups in total. The summed E-state index contributed by atoms with van der Waals surface area (Å²) in [5.41, 5.74) is 2.56. The monoisotopic (exact) mass is 331 g/mol. The van der Waals surface area contributed by atoms with Gasteiger partial charge in [0, 0.05) is 5.56 Å². The number of nitrogens with zero attached hydrogens (tertiary/aromatic N) is 3. The van der Waals surface area contributed by atoms with Crippen molar-refractivity contribution in [2.24, 2.45) is 5.84 Å². The first-order valence-electron chi connectivity index (χ1n) is 5.39. The van der Waals surface area contributed by atoms with Crippen molar-refractivity contribution in [1.29, 1.82) is 0 Å². The summed E-state index contributed by atoms with van der Waals surface area (Å²) >= 11 is 5.74. The van der Waals surface area contributed by atoms with Crippen LogP contribution in [0.3, 0.4) is 0 Å². The lowest BCUT2D eigenvalue weighted by molar-refractivity contribution is 0.379. The molecule has 0 spiro atoms. The highest BCUT2D eigenvalue weighted by atomic mass is 35.5. The zero-order valence-electron chi connectivity index (χ0n) is 10.6. The highest BCUT2D eigenvalue weighted by Gasteiger charge is 2.17. The van der Waals surface area contributed by atoms with Gasteiger partial charge in [0.2, 0.25) is 5.28 Å². The normalized spacial score (nSPS) is 11.2. The minimum Gasteiger partial charge on any atom is -0.467 e. The summed E-state index contributed by atoms with van der Waals surface area (Å²) in [6.45, 7) is 0. The van der Waals surface area contributed by atoms with Gasteiger partial charge in [-0.05, 0) is 29.8 Å². The first-order chi connectivity index (χ1) is 9.85. The fourth-order valence-electron chi connectivity index (χ4n) is 1.56. The summed E-state index contributed by atoms with van der Waals surface area (Å²) in [5, 5.41) is -0.0852. The van der Waals surface area contributed by atoms with E-state index in [2.05, 4.69) is 20.4 Å². The number of nitrogen functional groups attached to an aromatic ring is 1. The number of methoxy groups -OCH3 is 1. The second kappa shape index (κ2) is 5.77. The maximum atomic E-state index is 11.2. The molecule has 2 aromatic rings. The first-order valence-corrected chi connectivity index (χ1v) is 7.21. The molecule has 2 rings (SSSR count). The standard InChI is InChI=1S/C10H10ClN5O4S/c1-20-10-14-8(13-9(11)15-10)5-2-3-7(21(17,18)19)6(4-5)16-12/h2-4,16H,12H2,1H3,(H,17,18,19). The Hall–Kier alpha value is -2.01. The second-order valence-corrected chi connectivity index (χ2v) is 5.47. The van der Waals surface area contributed by atoms with Gasteiger partial charge in [-0.15, -0.1) is 0 Å². The Morgan fingerprint density at radius 2 is 2.05 bits per heavy atom. The van der Waals surface area contributed by atoms with Crippen LogP contribution in [0.25, 0.3) is 11.4 Å². The van der Waals surface area contributed by atoms with E-state index in [1.165, 1.54) is 19.2 Å². The van der Waals surface area contributed by atoms with E-state index in [9.17, 15) is 8.42 Å². The molecule has 0 radical (unpaired) electrons. The van der Waals surface area contributed by atoms with Crippen LogP contribution >= 0.6 is 11.6 Å². The van der Waals surface area contributed by atoms with E-state index in [4.69, 9.17) is 26.7 Å². The van der Waals surface area contributed by atoms with E-state index in [0.29, 0.717) is 5.56 Å². The van der Waals surface area contributed by atoms with Gasteiger partial charge >= 0.3 is 6.01 Å². The predicted octanol–water partition coefficient (Wildman–Crippen LogP) is 0.733. The summed E-state index contributed by atoms with van der Waals surface area (Å²) in [5.74, 6) is 5.41. The van der Waals surface area contributed by atoms with Crippen molar-refractivity contribution in [3.63, 3.8) is 0 Å². The van der Waals surface area contributed by atoms with Crippen LogP contribution in [0.4, 0.5) is 5.69 Å². The number of hydrazine groups is 1. The largest absolute Gasteiger partial charge is 0.467 e. The molecule has 0 saturated heterocycles. The highest BCUT2D eigenvalue weighted by molar-refractivity contribution is 7.86. The van der Waals surface area contributed by atoms with E-state index < -0.39 is 10.1 Å². The van der Waals surface area contributed by atoms with E-state index in [1.54, 1.807) is 0 Å². The molecular formula is C10H10ClN5O4S. The summed E-state index contributed by atoms with van der Waals surface area (Å²) in [7, 11) is -3.05. The molecule has 0 saturated carbocycles. The van der Waals surface area contributed by atoms with Crippen LogP contribution in [-0.4, -0.2) is 35.0 Å². The van der Waals surface area contributed by atoms with Gasteiger partial charge in [0.1, 0.15) is 4.90 Å². The lowest BCUT2D eigenvalue weighted by Crippen LogP contribution is -2.12. The van der Waals surface area contributed by atoms with E-state index in [0.717, 1.165) is 6.07 Å². The van der Waals surface area contributed by atoms with Crippen molar-refractivity contribution < 1.29 is 17.7 Å². The lowest BCUT2D eigenvalue weighted by Gasteiger charge is -2.09. The van der Waals surface area contributed by atoms with Gasteiger partial charge in [-0.1, -0.05) is 0 Å². The van der Waals surface area contributed by atoms with E-state index >= 15 is 0 Å². The van der Waals surface area contributed by atoms with Gasteiger partial charge in [0.25, 0.3) is 10.1 Å². The first kappa shape index (κ1) is 15.4. The number of nitrogens with two attached hydrogens (primary N) is 1. The molecular weight excluding hydrogens is 322 g/mol. The third-order valence-corrected chi connectivity index (χ3v) is 3.52. The highest BCUT2D eigenvalue weighted by Crippen LogP contribution is 2.27. The molecule has 1 heterocycles. The van der Waals surface area contributed by atoms with Crippen LogP contribution in [0.5, 0.6) is 6.01 Å². The average Bonchev–Trinajstić information content (AvgIpc) is 2.44. The number of halogens is 1. The minimum absolute atomic E-state index is 0.00566. The van der Waals surface area contributed by atoms with Gasteiger partial charge < -0.3 is 10.2 Å². The Morgan fingerprint density at radius 1 is 1.33 bits per heavy atom. The summed E-state index contributed by atoms with van der Waals surface area (Å²) in [4.78, 5) is 11.2. The number of rotatable bonds is 4. The number of hydrogen-bond acceptors (Lipinski definition) is 8. The predicted molar refractivity (Wildman–Crippen MR) is 74.4 cm³/mol. The molecule has 21 heavy (non-hydrogen) atoms. The molecule has 112 valence electrons. The molecule has 0 amide bonds. The number of anilines is 1. The molecule has 0 aliphatic carbocycles. The van der Waals surface area contributed by atoms with Gasteiger partial charge in [0.05, 0.1) is 12.8 Å². The summed E-state index contributed by atoms with van der Waals surface area (Å²) in [6, 6.07) is 3.89. The molecule has 1 aromatic heterocycles. The molecule has 1 aromatic carbocycles. The van der Waals surface area contributed by atoms with Crippen LogP contribution in [0.15, 0.2) is 23.1 Å². The van der Waals surface area contributed by atoms with E-state index in [-0.39, 0.29) is 27.7 Å². The average molecular weight is 332 g/mol. The SMILES string of the molecule is COc1nc(Cl)nc(-c2ccc(S(=O)(=O)O)c(NN)c2)n1. The van der Waals surface area contributed by atoms with Crippen molar-refractivity contribution >= 4 is 27.4 Å². The van der Waals surface area contributed by atoms with Crippen LogP contribution in [-0.2, 0) is 10.1 Å². The number of hydrogen-bond donors (Lipinski definition) is 3. The molecule has 0 unspecified atom stereocenters. The summed E-state index contributed by atoms with van der Waals surface area (Å²) in [6.07, 6.45) is 0. The Labute approximate surface area is 124 Å². The van der Waals surface area contributed by atoms with Crippen molar-refractivity contribution in [2.45, 2.75) is 4.90 Å². The molecule has 9 nitrogen and oxygen atoms in total. The molecule has 0 aliphatic rings. The quantitative estimate of drug-likeness (QED) is 0.420. The van der Waals surface area contributed by atoms with Gasteiger partial charge in [-0.25, -0.2) is 0 Å². The van der Waals surface area contributed by atoms with Crippen molar-refractivity contribution in [3.8, 4) is 17.4 Å². The second-order valence-electron chi connectivity index (χ2n) is 3.75. The molecule has 11 heteroatoms. The number of nitrogens with one attached hydrogen (secondary N) is 1. The number of aromatic nitrogens is 3. The molecule has 0 aliphatic heterocycles. The van der Waals surface area contributed by atoms with Gasteiger partial charge in [0.15, 0.2) is 5.82 Å². The Kier molecular flexibility index (Phi) is 4.23. The smallest absolute Gasteiger partial charge is 0.321 e. The van der Waals surface area contributed by atoms with Crippen LogP contribution in [0.2, 0.25) is 5.28 Å².